The number of carbonyl (C=O) groups is 1. The van der Waals surface area contributed by atoms with E-state index in [0.29, 0.717) is 12.0 Å². The molecule has 1 aromatic rings. The van der Waals surface area contributed by atoms with E-state index >= 15 is 0 Å². The Hall–Kier alpha value is -1.65. The predicted molar refractivity (Wildman–Crippen MR) is 58.0 cm³/mol. The van der Waals surface area contributed by atoms with E-state index in [2.05, 4.69) is 10.1 Å². The molecule has 2 atom stereocenters. The zero-order valence-corrected chi connectivity index (χ0v) is 9.32. The van der Waals surface area contributed by atoms with E-state index in [1.54, 1.807) is 18.2 Å². The largest absolute Gasteiger partial charge is 0.435 e. The second kappa shape index (κ2) is 4.69. The molecule has 0 spiro atoms. The Balaban J connectivity index is 2.28. The van der Waals surface area contributed by atoms with Gasteiger partial charge in [0.15, 0.2) is 0 Å². The second-order valence-electron chi connectivity index (χ2n) is 4.08. The van der Waals surface area contributed by atoms with Gasteiger partial charge in [0.2, 0.25) is 5.91 Å². The van der Waals surface area contributed by atoms with Crippen molar-refractivity contribution in [1.29, 1.82) is 0 Å². The average Bonchev–Trinajstić information content (AvgIpc) is 2.58. The topological polar surface area (TPSA) is 38.3 Å². The van der Waals surface area contributed by atoms with Gasteiger partial charge in [-0.25, -0.2) is 0 Å². The van der Waals surface area contributed by atoms with Crippen LogP contribution < -0.4 is 10.1 Å². The fourth-order valence-corrected chi connectivity index (χ4v) is 2.16. The highest BCUT2D eigenvalue weighted by molar-refractivity contribution is 5.80. The van der Waals surface area contributed by atoms with E-state index in [9.17, 15) is 13.6 Å². The van der Waals surface area contributed by atoms with Crippen molar-refractivity contribution in [2.24, 2.45) is 0 Å². The number of para-hydroxylation sites is 1. The Morgan fingerprint density at radius 2 is 2.12 bits per heavy atom. The molecule has 1 aromatic carbocycles. The van der Waals surface area contributed by atoms with Crippen LogP contribution in [0, 0.1) is 0 Å². The van der Waals surface area contributed by atoms with Gasteiger partial charge in [0.05, 0.1) is 0 Å². The quantitative estimate of drug-likeness (QED) is 0.881. The van der Waals surface area contributed by atoms with Crippen LogP contribution >= 0.6 is 0 Å². The van der Waals surface area contributed by atoms with Gasteiger partial charge in [-0.15, -0.1) is 0 Å². The molecule has 0 aromatic heterocycles. The van der Waals surface area contributed by atoms with Gasteiger partial charge in [0.1, 0.15) is 5.75 Å². The fourth-order valence-electron chi connectivity index (χ4n) is 2.16. The van der Waals surface area contributed by atoms with E-state index in [0.717, 1.165) is 0 Å². The maximum absolute atomic E-state index is 12.3. The van der Waals surface area contributed by atoms with Gasteiger partial charge in [0.25, 0.3) is 0 Å². The first-order chi connectivity index (χ1) is 8.08. The van der Waals surface area contributed by atoms with Crippen LogP contribution in [0.4, 0.5) is 8.78 Å². The number of rotatable bonds is 3. The molecular weight excluding hydrogens is 228 g/mol. The van der Waals surface area contributed by atoms with Crippen molar-refractivity contribution in [2.75, 3.05) is 0 Å². The van der Waals surface area contributed by atoms with Crippen molar-refractivity contribution in [3.8, 4) is 5.75 Å². The lowest BCUT2D eigenvalue weighted by Gasteiger charge is -2.18. The third-order valence-electron chi connectivity index (χ3n) is 2.93. The molecule has 1 amide bonds. The fraction of sp³-hybridized carbons (Fsp3) is 0.417. The molecule has 5 heteroatoms. The van der Waals surface area contributed by atoms with Crippen LogP contribution in [0.25, 0.3) is 0 Å². The van der Waals surface area contributed by atoms with E-state index < -0.39 is 6.61 Å². The Bertz CT molecular complexity index is 423. The van der Waals surface area contributed by atoms with Crippen LogP contribution in [0.5, 0.6) is 5.75 Å². The third-order valence-corrected chi connectivity index (χ3v) is 2.93. The molecule has 0 aliphatic carbocycles. The van der Waals surface area contributed by atoms with Crippen LogP contribution in [-0.2, 0) is 4.79 Å². The lowest BCUT2D eigenvalue weighted by atomic mass is 9.92. The standard InChI is InChI=1S/C12H13F2NO2/c1-7-9(6-11(16)15-7)8-4-2-3-5-10(8)17-12(13)14/h2-5,7,9,12H,6H2,1H3,(H,15,16). The number of hydrogen-bond acceptors (Lipinski definition) is 2. The molecule has 2 unspecified atom stereocenters. The number of hydrogen-bond donors (Lipinski definition) is 1. The first-order valence-electron chi connectivity index (χ1n) is 5.41. The molecule has 1 fully saturated rings. The SMILES string of the molecule is CC1NC(=O)CC1c1ccccc1OC(F)F. The smallest absolute Gasteiger partial charge is 0.387 e. The minimum atomic E-state index is -2.85. The van der Waals surface area contributed by atoms with Crippen molar-refractivity contribution < 1.29 is 18.3 Å². The molecule has 1 N–H and O–H groups in total. The summed E-state index contributed by atoms with van der Waals surface area (Å²) in [5.41, 5.74) is 0.652. The van der Waals surface area contributed by atoms with Crippen molar-refractivity contribution in [3.63, 3.8) is 0 Å². The number of amides is 1. The lowest BCUT2D eigenvalue weighted by molar-refractivity contribution is -0.119. The third kappa shape index (κ3) is 2.54. The number of halogens is 2. The molecule has 1 heterocycles. The van der Waals surface area contributed by atoms with Crippen LogP contribution in [0.3, 0.4) is 0 Å². The van der Waals surface area contributed by atoms with Crippen LogP contribution in [0.2, 0.25) is 0 Å². The first-order valence-corrected chi connectivity index (χ1v) is 5.41. The Labute approximate surface area is 97.8 Å². The highest BCUT2D eigenvalue weighted by atomic mass is 19.3. The maximum Gasteiger partial charge on any atom is 0.387 e. The van der Waals surface area contributed by atoms with Gasteiger partial charge in [-0.1, -0.05) is 18.2 Å². The monoisotopic (exact) mass is 241 g/mol. The average molecular weight is 241 g/mol. The molecule has 0 radical (unpaired) electrons. The Kier molecular flexibility index (Phi) is 3.26. The normalized spacial score (nSPS) is 23.9. The highest BCUT2D eigenvalue weighted by Gasteiger charge is 2.32. The van der Waals surface area contributed by atoms with Crippen molar-refractivity contribution >= 4 is 5.91 Å². The summed E-state index contributed by atoms with van der Waals surface area (Å²) < 4.78 is 29.0. The van der Waals surface area contributed by atoms with E-state index in [1.807, 2.05) is 6.92 Å². The van der Waals surface area contributed by atoms with E-state index in [1.165, 1.54) is 6.07 Å². The summed E-state index contributed by atoms with van der Waals surface area (Å²) in [6, 6.07) is 6.54. The number of benzene rings is 1. The molecular formula is C12H13F2NO2. The second-order valence-corrected chi connectivity index (χ2v) is 4.08. The number of alkyl halides is 2. The number of carbonyl (C=O) groups excluding carboxylic acids is 1. The van der Waals surface area contributed by atoms with E-state index in [4.69, 9.17) is 0 Å². The summed E-state index contributed by atoms with van der Waals surface area (Å²) >= 11 is 0. The molecule has 0 bridgehead atoms. The summed E-state index contributed by atoms with van der Waals surface area (Å²) in [7, 11) is 0. The molecule has 1 saturated heterocycles. The van der Waals surface area contributed by atoms with Gasteiger partial charge in [-0.3, -0.25) is 4.79 Å². The minimum Gasteiger partial charge on any atom is -0.435 e. The van der Waals surface area contributed by atoms with Crippen LogP contribution in [-0.4, -0.2) is 18.6 Å². The van der Waals surface area contributed by atoms with Crippen LogP contribution in [0.1, 0.15) is 24.8 Å². The Morgan fingerprint density at radius 3 is 2.71 bits per heavy atom. The van der Waals surface area contributed by atoms with E-state index in [-0.39, 0.29) is 23.6 Å². The molecule has 2 rings (SSSR count). The summed E-state index contributed by atoms with van der Waals surface area (Å²) in [5, 5.41) is 2.76. The molecule has 1 aliphatic heterocycles. The van der Waals surface area contributed by atoms with Gasteiger partial charge in [-0.2, -0.15) is 8.78 Å². The predicted octanol–water partition coefficient (Wildman–Crippen LogP) is 2.28. The Morgan fingerprint density at radius 1 is 1.41 bits per heavy atom. The van der Waals surface area contributed by atoms with Crippen LogP contribution in [0.15, 0.2) is 24.3 Å². The van der Waals surface area contributed by atoms with Crippen molar-refractivity contribution in [1.82, 2.24) is 5.32 Å². The minimum absolute atomic E-state index is 0.0608. The summed E-state index contributed by atoms with van der Waals surface area (Å²) in [6.07, 6.45) is 0.310. The summed E-state index contributed by atoms with van der Waals surface area (Å²) in [4.78, 5) is 11.3. The lowest BCUT2D eigenvalue weighted by Crippen LogP contribution is -2.24. The molecule has 0 saturated carbocycles. The van der Waals surface area contributed by atoms with Gasteiger partial charge < -0.3 is 10.1 Å². The summed E-state index contributed by atoms with van der Waals surface area (Å²) in [5.74, 6) is -0.0253. The van der Waals surface area contributed by atoms with Gasteiger partial charge >= 0.3 is 6.61 Å². The highest BCUT2D eigenvalue weighted by Crippen LogP contribution is 2.34. The van der Waals surface area contributed by atoms with Gasteiger partial charge in [-0.05, 0) is 13.0 Å². The maximum atomic E-state index is 12.3. The summed E-state index contributed by atoms with van der Waals surface area (Å²) in [6.45, 7) is -0.995. The van der Waals surface area contributed by atoms with Crippen molar-refractivity contribution in [3.05, 3.63) is 29.8 Å². The molecule has 17 heavy (non-hydrogen) atoms. The van der Waals surface area contributed by atoms with Gasteiger partial charge in [0, 0.05) is 23.9 Å². The van der Waals surface area contributed by atoms with Crippen molar-refractivity contribution in [2.45, 2.75) is 31.9 Å². The molecule has 3 nitrogen and oxygen atoms in total. The zero-order valence-electron chi connectivity index (χ0n) is 9.32. The first kappa shape index (κ1) is 11.8. The number of nitrogens with one attached hydrogen (secondary N) is 1. The molecule has 1 aliphatic rings. The zero-order chi connectivity index (χ0) is 12.4. The molecule has 92 valence electrons. The number of ether oxygens (including phenoxy) is 1.